The van der Waals surface area contributed by atoms with Crippen LogP contribution in [0.2, 0.25) is 0 Å². The average Bonchev–Trinajstić information content (AvgIpc) is 2.32. The largest absolute Gasteiger partial charge is 0.380 e. The molecule has 1 heterocycles. The first-order valence-corrected chi connectivity index (χ1v) is 6.79. The molecule has 1 rings (SSSR count). The third-order valence-corrected chi connectivity index (χ3v) is 3.53. The van der Waals surface area contributed by atoms with E-state index in [1.54, 1.807) is 0 Å². The van der Waals surface area contributed by atoms with Crippen molar-refractivity contribution in [1.29, 1.82) is 0 Å². The lowest BCUT2D eigenvalue weighted by Crippen LogP contribution is -2.45. The van der Waals surface area contributed by atoms with Gasteiger partial charge in [0.1, 0.15) is 0 Å². The first-order chi connectivity index (χ1) is 8.17. The number of hydrogen-bond acceptors (Lipinski definition) is 3. The van der Waals surface area contributed by atoms with Crippen LogP contribution in [-0.2, 0) is 4.74 Å². The van der Waals surface area contributed by atoms with Gasteiger partial charge in [0, 0.05) is 26.7 Å². The summed E-state index contributed by atoms with van der Waals surface area (Å²) in [4.78, 5) is 2.46. The molecule has 1 fully saturated rings. The lowest BCUT2D eigenvalue weighted by molar-refractivity contribution is -0.00209. The number of ether oxygens (including phenoxy) is 1. The van der Waals surface area contributed by atoms with Crippen LogP contribution in [0.5, 0.6) is 0 Å². The second-order valence-corrected chi connectivity index (χ2v) is 5.20. The Kier molecular flexibility index (Phi) is 6.78. The monoisotopic (exact) mass is 240 g/mol. The fourth-order valence-electron chi connectivity index (χ4n) is 2.36. The molecule has 0 amide bonds. The Morgan fingerprint density at radius 1 is 1.53 bits per heavy atom. The molecule has 0 aromatic rings. The molecule has 1 aliphatic heterocycles. The number of nitrogens with one attached hydrogen (secondary N) is 1. The average molecular weight is 240 g/mol. The predicted molar refractivity (Wildman–Crippen MR) is 73.3 cm³/mol. The second-order valence-electron chi connectivity index (χ2n) is 5.20. The van der Waals surface area contributed by atoms with E-state index in [-0.39, 0.29) is 0 Å². The maximum atomic E-state index is 5.53. The van der Waals surface area contributed by atoms with Crippen LogP contribution >= 0.6 is 0 Å². The normalized spacial score (nSPS) is 26.1. The predicted octanol–water partition coefficient (Wildman–Crippen LogP) is 1.90. The second kappa shape index (κ2) is 7.85. The van der Waals surface area contributed by atoms with Crippen molar-refractivity contribution in [3.05, 3.63) is 12.2 Å². The molecule has 100 valence electrons. The van der Waals surface area contributed by atoms with Gasteiger partial charge in [-0.3, -0.25) is 4.90 Å². The van der Waals surface area contributed by atoms with E-state index in [2.05, 4.69) is 30.6 Å². The number of methoxy groups -OCH3 is 1. The van der Waals surface area contributed by atoms with Crippen molar-refractivity contribution in [2.45, 2.75) is 32.8 Å². The Morgan fingerprint density at radius 2 is 2.29 bits per heavy atom. The van der Waals surface area contributed by atoms with E-state index in [1.807, 2.05) is 7.11 Å². The van der Waals surface area contributed by atoms with Gasteiger partial charge in [-0.25, -0.2) is 0 Å². The van der Waals surface area contributed by atoms with E-state index in [0.29, 0.717) is 12.0 Å². The fraction of sp³-hybridized carbons (Fsp3) is 0.857. The molecule has 0 aromatic carbocycles. The van der Waals surface area contributed by atoms with Crippen LogP contribution in [-0.4, -0.2) is 50.8 Å². The minimum atomic E-state index is 0.389. The molecule has 17 heavy (non-hydrogen) atoms. The van der Waals surface area contributed by atoms with Crippen LogP contribution in [0.1, 0.15) is 26.7 Å². The summed E-state index contributed by atoms with van der Waals surface area (Å²) in [7, 11) is 1.82. The zero-order chi connectivity index (χ0) is 12.7. The standard InChI is InChI=1S/C14H28N2O/c1-5-7-15-9-12(2)10-16-8-6-13(3)14(11-16)17-4/h13-15H,2,5-11H2,1,3-4H3. The van der Waals surface area contributed by atoms with Crippen molar-refractivity contribution in [3.8, 4) is 0 Å². The van der Waals surface area contributed by atoms with E-state index < -0.39 is 0 Å². The Balaban J connectivity index is 2.24. The van der Waals surface area contributed by atoms with E-state index in [4.69, 9.17) is 4.74 Å². The summed E-state index contributed by atoms with van der Waals surface area (Å²) < 4.78 is 5.53. The third kappa shape index (κ3) is 5.19. The summed E-state index contributed by atoms with van der Waals surface area (Å²) in [6, 6.07) is 0. The van der Waals surface area contributed by atoms with Crippen molar-refractivity contribution in [3.63, 3.8) is 0 Å². The molecule has 0 bridgehead atoms. The Bertz CT molecular complexity index is 230. The first-order valence-electron chi connectivity index (χ1n) is 6.79. The number of hydrogen-bond donors (Lipinski definition) is 1. The maximum Gasteiger partial charge on any atom is 0.0724 e. The third-order valence-electron chi connectivity index (χ3n) is 3.53. The molecule has 3 heteroatoms. The van der Waals surface area contributed by atoms with E-state index in [9.17, 15) is 0 Å². The van der Waals surface area contributed by atoms with Crippen molar-refractivity contribution in [2.24, 2.45) is 5.92 Å². The van der Waals surface area contributed by atoms with Crippen molar-refractivity contribution in [2.75, 3.05) is 39.8 Å². The van der Waals surface area contributed by atoms with E-state index >= 15 is 0 Å². The Hall–Kier alpha value is -0.380. The van der Waals surface area contributed by atoms with Gasteiger partial charge in [-0.2, -0.15) is 0 Å². The lowest BCUT2D eigenvalue weighted by Gasteiger charge is -2.36. The molecule has 0 aliphatic carbocycles. The quantitative estimate of drug-likeness (QED) is 0.543. The highest BCUT2D eigenvalue weighted by atomic mass is 16.5. The smallest absolute Gasteiger partial charge is 0.0724 e. The van der Waals surface area contributed by atoms with E-state index in [0.717, 1.165) is 26.2 Å². The van der Waals surface area contributed by atoms with Crippen LogP contribution in [0.3, 0.4) is 0 Å². The lowest BCUT2D eigenvalue weighted by atomic mass is 9.95. The summed E-state index contributed by atoms with van der Waals surface area (Å²) in [6.45, 7) is 13.9. The SMILES string of the molecule is C=C(CNCCC)CN1CCC(C)C(OC)C1. The highest BCUT2D eigenvalue weighted by Crippen LogP contribution is 2.19. The van der Waals surface area contributed by atoms with Gasteiger partial charge in [0.15, 0.2) is 0 Å². The van der Waals surface area contributed by atoms with Gasteiger partial charge in [-0.05, 0) is 37.4 Å². The summed E-state index contributed by atoms with van der Waals surface area (Å²) in [6.07, 6.45) is 2.80. The number of likely N-dealkylation sites (tertiary alicyclic amines) is 1. The highest BCUT2D eigenvalue weighted by Gasteiger charge is 2.25. The van der Waals surface area contributed by atoms with E-state index in [1.165, 1.54) is 25.0 Å². The molecule has 2 atom stereocenters. The molecule has 1 N–H and O–H groups in total. The molecule has 0 saturated carbocycles. The number of piperidine rings is 1. The van der Waals surface area contributed by atoms with Crippen LogP contribution in [0, 0.1) is 5.92 Å². The van der Waals surface area contributed by atoms with Crippen molar-refractivity contribution >= 4 is 0 Å². The zero-order valence-electron chi connectivity index (χ0n) is 11.7. The molecular formula is C14H28N2O. The molecule has 0 aromatic heterocycles. The minimum Gasteiger partial charge on any atom is -0.380 e. The summed E-state index contributed by atoms with van der Waals surface area (Å²) in [5, 5.41) is 3.40. The zero-order valence-corrected chi connectivity index (χ0v) is 11.7. The number of rotatable bonds is 7. The molecule has 3 nitrogen and oxygen atoms in total. The van der Waals surface area contributed by atoms with Crippen LogP contribution in [0.15, 0.2) is 12.2 Å². The van der Waals surface area contributed by atoms with Crippen molar-refractivity contribution in [1.82, 2.24) is 10.2 Å². The maximum absolute atomic E-state index is 5.53. The van der Waals surface area contributed by atoms with Gasteiger partial charge in [0.2, 0.25) is 0 Å². The van der Waals surface area contributed by atoms with Gasteiger partial charge >= 0.3 is 0 Å². The molecular weight excluding hydrogens is 212 g/mol. The molecule has 2 unspecified atom stereocenters. The fourth-order valence-corrected chi connectivity index (χ4v) is 2.36. The first kappa shape index (κ1) is 14.7. The van der Waals surface area contributed by atoms with Gasteiger partial charge in [0.05, 0.1) is 6.10 Å². The molecule has 0 spiro atoms. The molecule has 1 aliphatic rings. The molecule has 1 saturated heterocycles. The van der Waals surface area contributed by atoms with Gasteiger partial charge in [-0.1, -0.05) is 20.4 Å². The highest BCUT2D eigenvalue weighted by molar-refractivity contribution is 5.00. The van der Waals surface area contributed by atoms with Crippen LogP contribution < -0.4 is 5.32 Å². The van der Waals surface area contributed by atoms with Gasteiger partial charge in [0.25, 0.3) is 0 Å². The van der Waals surface area contributed by atoms with Crippen molar-refractivity contribution < 1.29 is 4.74 Å². The minimum absolute atomic E-state index is 0.389. The van der Waals surface area contributed by atoms with Crippen LogP contribution in [0.4, 0.5) is 0 Å². The van der Waals surface area contributed by atoms with Crippen LogP contribution in [0.25, 0.3) is 0 Å². The van der Waals surface area contributed by atoms with Gasteiger partial charge in [-0.15, -0.1) is 0 Å². The Labute approximate surface area is 106 Å². The Morgan fingerprint density at radius 3 is 2.94 bits per heavy atom. The topological polar surface area (TPSA) is 24.5 Å². The van der Waals surface area contributed by atoms with Gasteiger partial charge < -0.3 is 10.1 Å². The summed E-state index contributed by atoms with van der Waals surface area (Å²) in [5.74, 6) is 0.683. The molecule has 0 radical (unpaired) electrons. The summed E-state index contributed by atoms with van der Waals surface area (Å²) in [5.41, 5.74) is 1.28. The summed E-state index contributed by atoms with van der Waals surface area (Å²) >= 11 is 0. The number of nitrogens with zero attached hydrogens (tertiary/aromatic N) is 1.